The first kappa shape index (κ1) is 17.9. The summed E-state index contributed by atoms with van der Waals surface area (Å²) in [6.07, 6.45) is 13.8. The third kappa shape index (κ3) is 5.98. The second-order valence-electron chi connectivity index (χ2n) is 5.77. The van der Waals surface area contributed by atoms with Crippen LogP contribution in [0.1, 0.15) is 64.7 Å². The summed E-state index contributed by atoms with van der Waals surface area (Å²) in [5.74, 6) is -0.438. The van der Waals surface area contributed by atoms with Gasteiger partial charge in [0.05, 0.1) is 12.2 Å². The van der Waals surface area contributed by atoms with Gasteiger partial charge in [0.1, 0.15) is 12.7 Å². The zero-order valence-corrected chi connectivity index (χ0v) is 13.1. The van der Waals surface area contributed by atoms with Gasteiger partial charge in [-0.2, -0.15) is 0 Å². The predicted octanol–water partition coefficient (Wildman–Crippen LogP) is 1.92. The number of aliphatic hydroxyl groups is 1. The molecule has 0 amide bonds. The van der Waals surface area contributed by atoms with Gasteiger partial charge in [-0.05, 0) is 6.42 Å². The summed E-state index contributed by atoms with van der Waals surface area (Å²) < 4.78 is -0.0984. The first-order valence-electron chi connectivity index (χ1n) is 8.07. The first-order valence-corrected chi connectivity index (χ1v) is 8.07. The van der Waals surface area contributed by atoms with Gasteiger partial charge >= 0.3 is 0 Å². The number of nitrogens with zero attached hydrogens (tertiary/aromatic N) is 2. The van der Waals surface area contributed by atoms with Crippen LogP contribution in [0, 0.1) is 0 Å². The minimum absolute atomic E-state index is 0.0984. The summed E-state index contributed by atoms with van der Waals surface area (Å²) in [5.41, 5.74) is 0. The molecule has 0 fully saturated rings. The molecule has 0 aromatic carbocycles. The number of carboxylic acid groups (broad SMARTS) is 1. The molecular weight excluding hydrogens is 268 g/mol. The molecular formula is C16H28N2O3. The number of hydrogen-bond acceptors (Lipinski definition) is 4. The summed E-state index contributed by atoms with van der Waals surface area (Å²) in [7, 11) is 0. The van der Waals surface area contributed by atoms with E-state index in [1.807, 2.05) is 0 Å². The van der Waals surface area contributed by atoms with Crippen LogP contribution in [-0.2, 0) is 4.79 Å². The fraction of sp³-hybridized carbons (Fsp3) is 0.750. The molecule has 0 aromatic heterocycles. The summed E-state index contributed by atoms with van der Waals surface area (Å²) in [4.78, 5) is 15.1. The van der Waals surface area contributed by atoms with Crippen LogP contribution in [0.15, 0.2) is 17.4 Å². The number of carbonyl (C=O) groups excluding carboxylic acids is 1. The van der Waals surface area contributed by atoms with E-state index in [4.69, 9.17) is 0 Å². The number of amidine groups is 1. The van der Waals surface area contributed by atoms with E-state index < -0.39 is 5.97 Å². The number of aliphatic carboxylic acids is 1. The summed E-state index contributed by atoms with van der Waals surface area (Å²) in [5, 5.41) is 20.3. The van der Waals surface area contributed by atoms with Gasteiger partial charge in [-0.1, -0.05) is 51.9 Å². The smallest absolute Gasteiger partial charge is 0.209 e. The molecule has 5 nitrogen and oxygen atoms in total. The van der Waals surface area contributed by atoms with E-state index in [2.05, 4.69) is 11.9 Å². The molecule has 0 spiro atoms. The van der Waals surface area contributed by atoms with Crippen LogP contribution < -0.4 is 5.11 Å². The number of hydrogen-bond donors (Lipinski definition) is 1. The van der Waals surface area contributed by atoms with Gasteiger partial charge in [0.25, 0.3) is 0 Å². The second-order valence-corrected chi connectivity index (χ2v) is 5.77. The van der Waals surface area contributed by atoms with Crippen LogP contribution >= 0.6 is 0 Å². The number of carbonyl (C=O) groups is 1. The van der Waals surface area contributed by atoms with Crippen molar-refractivity contribution in [1.82, 2.24) is 0 Å². The van der Waals surface area contributed by atoms with Gasteiger partial charge in [-0.15, -0.1) is 0 Å². The third-order valence-corrected chi connectivity index (χ3v) is 4.01. The minimum Gasteiger partial charge on any atom is -0.544 e. The van der Waals surface area contributed by atoms with E-state index in [9.17, 15) is 15.0 Å². The standard InChI is InChI=1S/C16H28N2O3/c1-2-3-4-5-6-7-8-9-10-15-17-11-12-18(15,14-19)13-16(20)21/h11-12,19H,2-10,13-14H2,1H3. The summed E-state index contributed by atoms with van der Waals surface area (Å²) >= 11 is 0. The Morgan fingerprint density at radius 2 is 1.81 bits per heavy atom. The molecule has 1 aliphatic heterocycles. The molecule has 0 saturated carbocycles. The normalized spacial score (nSPS) is 20.8. The van der Waals surface area contributed by atoms with E-state index in [0.717, 1.165) is 25.1 Å². The molecule has 0 aliphatic carbocycles. The molecule has 5 heteroatoms. The molecule has 1 unspecified atom stereocenters. The molecule has 1 aliphatic rings. The van der Waals surface area contributed by atoms with Crippen molar-refractivity contribution in [2.75, 3.05) is 13.3 Å². The molecule has 0 aromatic rings. The van der Waals surface area contributed by atoms with Crippen molar-refractivity contribution in [2.24, 2.45) is 4.99 Å². The third-order valence-electron chi connectivity index (χ3n) is 4.01. The van der Waals surface area contributed by atoms with Crippen LogP contribution in [0.2, 0.25) is 0 Å². The van der Waals surface area contributed by atoms with Gasteiger partial charge in [0.2, 0.25) is 5.84 Å². The maximum atomic E-state index is 10.8. The van der Waals surface area contributed by atoms with Crippen LogP contribution in [0.3, 0.4) is 0 Å². The Balaban J connectivity index is 2.23. The monoisotopic (exact) mass is 296 g/mol. The minimum atomic E-state index is -1.17. The van der Waals surface area contributed by atoms with Crippen LogP contribution in [0.4, 0.5) is 0 Å². The molecule has 1 atom stereocenters. The highest BCUT2D eigenvalue weighted by atomic mass is 16.4. The second kappa shape index (κ2) is 9.68. The van der Waals surface area contributed by atoms with E-state index >= 15 is 0 Å². The lowest BCUT2D eigenvalue weighted by Crippen LogP contribution is -2.53. The number of unbranched alkanes of at least 4 members (excludes halogenated alkanes) is 7. The van der Waals surface area contributed by atoms with E-state index in [1.165, 1.54) is 38.5 Å². The van der Waals surface area contributed by atoms with Crippen molar-refractivity contribution in [2.45, 2.75) is 64.7 Å². The topological polar surface area (TPSA) is 72.7 Å². The fourth-order valence-corrected chi connectivity index (χ4v) is 2.71. The molecule has 1 N–H and O–H groups in total. The SMILES string of the molecule is CCCCCCCCCCC1=NC=C[N+]1(CO)CC(=O)[O-]. The number of quaternary nitrogens is 1. The molecule has 0 radical (unpaired) electrons. The molecule has 1 rings (SSSR count). The largest absolute Gasteiger partial charge is 0.544 e. The van der Waals surface area contributed by atoms with E-state index in [0.29, 0.717) is 0 Å². The van der Waals surface area contributed by atoms with Crippen molar-refractivity contribution >= 4 is 11.8 Å². The van der Waals surface area contributed by atoms with Crippen molar-refractivity contribution in [3.8, 4) is 0 Å². The number of aliphatic imine (C=N–C) groups is 1. The van der Waals surface area contributed by atoms with Crippen LogP contribution in [-0.4, -0.2) is 34.7 Å². The Morgan fingerprint density at radius 1 is 1.19 bits per heavy atom. The Kier molecular flexibility index (Phi) is 8.23. The average Bonchev–Trinajstić information content (AvgIpc) is 2.84. The van der Waals surface area contributed by atoms with Crippen LogP contribution in [0.5, 0.6) is 0 Å². The quantitative estimate of drug-likeness (QED) is 0.442. The predicted molar refractivity (Wildman–Crippen MR) is 81.0 cm³/mol. The highest BCUT2D eigenvalue weighted by molar-refractivity contribution is 5.80. The lowest BCUT2D eigenvalue weighted by molar-refractivity contribution is -0.804. The van der Waals surface area contributed by atoms with Crippen molar-refractivity contribution in [3.05, 3.63) is 12.4 Å². The van der Waals surface area contributed by atoms with Crippen molar-refractivity contribution in [1.29, 1.82) is 0 Å². The summed E-state index contributed by atoms with van der Waals surface area (Å²) in [6.45, 7) is 1.69. The molecule has 120 valence electrons. The maximum Gasteiger partial charge on any atom is 0.209 e. The Hall–Kier alpha value is -1.20. The highest BCUT2D eigenvalue weighted by Crippen LogP contribution is 2.20. The molecule has 0 saturated heterocycles. The van der Waals surface area contributed by atoms with Crippen molar-refractivity contribution in [3.63, 3.8) is 0 Å². The number of aliphatic hydroxyl groups excluding tert-OH is 1. The fourth-order valence-electron chi connectivity index (χ4n) is 2.71. The number of rotatable bonds is 12. The van der Waals surface area contributed by atoms with E-state index in [1.54, 1.807) is 12.4 Å². The summed E-state index contributed by atoms with van der Waals surface area (Å²) in [6, 6.07) is 0. The number of carboxylic acids is 1. The Labute approximate surface area is 127 Å². The Morgan fingerprint density at radius 3 is 2.38 bits per heavy atom. The lowest BCUT2D eigenvalue weighted by Gasteiger charge is -2.30. The van der Waals surface area contributed by atoms with Gasteiger partial charge in [0, 0.05) is 6.42 Å². The van der Waals surface area contributed by atoms with E-state index in [-0.39, 0.29) is 17.8 Å². The molecule has 0 bridgehead atoms. The lowest BCUT2D eigenvalue weighted by atomic mass is 10.1. The maximum absolute atomic E-state index is 10.8. The molecule has 1 heterocycles. The van der Waals surface area contributed by atoms with Gasteiger partial charge < -0.3 is 15.0 Å². The van der Waals surface area contributed by atoms with Crippen LogP contribution in [0.25, 0.3) is 0 Å². The van der Waals surface area contributed by atoms with Crippen molar-refractivity contribution < 1.29 is 19.5 Å². The van der Waals surface area contributed by atoms with Gasteiger partial charge in [0.15, 0.2) is 6.73 Å². The average molecular weight is 296 g/mol. The first-order chi connectivity index (χ1) is 10.1. The zero-order chi connectivity index (χ0) is 15.6. The van der Waals surface area contributed by atoms with Gasteiger partial charge in [-0.3, -0.25) is 0 Å². The van der Waals surface area contributed by atoms with Gasteiger partial charge in [-0.25, -0.2) is 9.48 Å². The highest BCUT2D eigenvalue weighted by Gasteiger charge is 2.34. The molecule has 21 heavy (non-hydrogen) atoms. The zero-order valence-electron chi connectivity index (χ0n) is 13.1. The Bertz CT molecular complexity index is 380.